The first-order valence-electron chi connectivity index (χ1n) is 5.55. The number of hydrogen-bond donors (Lipinski definition) is 0. The van der Waals surface area contributed by atoms with Crippen LogP contribution in [0.1, 0.15) is 17.7 Å². The second kappa shape index (κ2) is 5.02. The molecule has 2 rings (SSSR count). The van der Waals surface area contributed by atoms with Crippen LogP contribution in [0.3, 0.4) is 0 Å². The molecule has 1 atom stereocenters. The van der Waals surface area contributed by atoms with Crippen molar-refractivity contribution in [1.82, 2.24) is 4.98 Å². The van der Waals surface area contributed by atoms with Crippen LogP contribution < -0.4 is 4.90 Å². The number of halogens is 1. The summed E-state index contributed by atoms with van der Waals surface area (Å²) in [5.74, 6) is 1.52. The zero-order valence-electron chi connectivity index (χ0n) is 9.74. The number of nitrogens with zero attached hydrogens (tertiary/aromatic N) is 2. The fourth-order valence-corrected chi connectivity index (χ4v) is 2.15. The molecule has 1 aromatic heterocycles. The first-order valence-corrected chi connectivity index (χ1v) is 6.08. The van der Waals surface area contributed by atoms with Gasteiger partial charge >= 0.3 is 0 Å². The lowest BCUT2D eigenvalue weighted by molar-refractivity contribution is 0.193. The second-order valence-electron chi connectivity index (χ2n) is 4.24. The number of aromatic nitrogens is 1. The maximum Gasteiger partial charge on any atom is 0.129 e. The zero-order valence-corrected chi connectivity index (χ0v) is 10.5. The van der Waals surface area contributed by atoms with Gasteiger partial charge in [-0.1, -0.05) is 0 Å². The van der Waals surface area contributed by atoms with E-state index in [0.29, 0.717) is 11.9 Å². The highest BCUT2D eigenvalue weighted by atomic mass is 35.5. The van der Waals surface area contributed by atoms with E-state index >= 15 is 0 Å². The van der Waals surface area contributed by atoms with E-state index in [9.17, 15) is 0 Å². The second-order valence-corrected chi connectivity index (χ2v) is 4.50. The molecule has 0 aliphatic carbocycles. The Morgan fingerprint density at radius 3 is 3.00 bits per heavy atom. The Balaban J connectivity index is 2.21. The molecule has 1 aliphatic heterocycles. The summed E-state index contributed by atoms with van der Waals surface area (Å²) in [6.07, 6.45) is 1.07. The van der Waals surface area contributed by atoms with E-state index < -0.39 is 0 Å². The minimum absolute atomic E-state index is 0.442. The van der Waals surface area contributed by atoms with Crippen LogP contribution in [-0.4, -0.2) is 31.3 Å². The number of hydrogen-bond acceptors (Lipinski definition) is 3. The average Bonchev–Trinajstić information content (AvgIpc) is 2.80. The van der Waals surface area contributed by atoms with Gasteiger partial charge in [-0.3, -0.25) is 0 Å². The fraction of sp³-hybridized carbons (Fsp3) is 0.583. The molecule has 0 N–H and O–H groups in total. The molecule has 1 saturated heterocycles. The zero-order chi connectivity index (χ0) is 11.5. The van der Waals surface area contributed by atoms with Gasteiger partial charge in [0.15, 0.2) is 0 Å². The lowest BCUT2D eigenvalue weighted by Crippen LogP contribution is -2.32. The van der Waals surface area contributed by atoms with Crippen LogP contribution in [0.2, 0.25) is 0 Å². The highest BCUT2D eigenvalue weighted by Gasteiger charge is 2.21. The Hall–Kier alpha value is -0.800. The molecule has 1 aromatic rings. The smallest absolute Gasteiger partial charge is 0.129 e. The molecule has 0 amide bonds. The summed E-state index contributed by atoms with van der Waals surface area (Å²) in [6.45, 7) is 3.64. The number of likely N-dealkylation sites (N-methyl/N-ethyl adjacent to an activating group) is 1. The van der Waals surface area contributed by atoms with Gasteiger partial charge < -0.3 is 9.64 Å². The van der Waals surface area contributed by atoms with Crippen molar-refractivity contribution in [2.45, 2.75) is 25.3 Å². The molecule has 1 aliphatic rings. The number of pyridine rings is 1. The third kappa shape index (κ3) is 2.47. The first-order chi connectivity index (χ1) is 7.70. The Morgan fingerprint density at radius 2 is 2.38 bits per heavy atom. The van der Waals surface area contributed by atoms with Crippen LogP contribution >= 0.6 is 11.6 Å². The molecule has 16 heavy (non-hydrogen) atoms. The summed E-state index contributed by atoms with van der Waals surface area (Å²) >= 11 is 5.86. The topological polar surface area (TPSA) is 25.4 Å². The maximum absolute atomic E-state index is 5.86. The Kier molecular flexibility index (Phi) is 3.66. The molecule has 3 nitrogen and oxygen atoms in total. The predicted octanol–water partition coefficient (Wildman–Crippen LogP) is 2.35. The molecule has 88 valence electrons. The van der Waals surface area contributed by atoms with Gasteiger partial charge in [0.05, 0.1) is 12.6 Å². The molecule has 0 radical (unpaired) electrons. The Labute approximate surface area is 101 Å². The normalized spacial score (nSPS) is 20.1. The van der Waals surface area contributed by atoms with Crippen molar-refractivity contribution < 1.29 is 4.74 Å². The van der Waals surface area contributed by atoms with Crippen LogP contribution in [0.15, 0.2) is 12.1 Å². The van der Waals surface area contributed by atoms with E-state index in [2.05, 4.69) is 23.0 Å². The van der Waals surface area contributed by atoms with Crippen LogP contribution in [0, 0.1) is 6.92 Å². The summed E-state index contributed by atoms with van der Waals surface area (Å²) in [5.41, 5.74) is 2.13. The number of rotatable bonds is 3. The molecular formula is C12H17ClN2O. The molecule has 0 bridgehead atoms. The molecule has 1 fully saturated rings. The fourth-order valence-electron chi connectivity index (χ4n) is 1.99. The average molecular weight is 241 g/mol. The van der Waals surface area contributed by atoms with Crippen molar-refractivity contribution in [3.8, 4) is 0 Å². The van der Waals surface area contributed by atoms with Gasteiger partial charge in [0.25, 0.3) is 0 Å². The highest BCUT2D eigenvalue weighted by molar-refractivity contribution is 6.17. The summed E-state index contributed by atoms with van der Waals surface area (Å²) < 4.78 is 5.39. The minimum atomic E-state index is 0.442. The molecule has 0 spiro atoms. The van der Waals surface area contributed by atoms with Crippen molar-refractivity contribution in [2.24, 2.45) is 0 Å². The van der Waals surface area contributed by atoms with E-state index in [1.807, 2.05) is 13.0 Å². The SMILES string of the molecule is Cc1cc(CCl)cc(N(C)C2CCOC2)n1. The van der Waals surface area contributed by atoms with E-state index in [0.717, 1.165) is 36.7 Å². The van der Waals surface area contributed by atoms with Crippen LogP contribution in [0.4, 0.5) is 5.82 Å². The van der Waals surface area contributed by atoms with Gasteiger partial charge in [-0.15, -0.1) is 11.6 Å². The van der Waals surface area contributed by atoms with Gasteiger partial charge in [-0.2, -0.15) is 0 Å². The van der Waals surface area contributed by atoms with Gasteiger partial charge in [-0.25, -0.2) is 4.98 Å². The van der Waals surface area contributed by atoms with E-state index in [1.165, 1.54) is 0 Å². The number of ether oxygens (including phenoxy) is 1. The number of anilines is 1. The molecule has 1 unspecified atom stereocenters. The van der Waals surface area contributed by atoms with Crippen LogP contribution in [0.25, 0.3) is 0 Å². The van der Waals surface area contributed by atoms with E-state index in [1.54, 1.807) is 0 Å². The first kappa shape index (κ1) is 11.7. The van der Waals surface area contributed by atoms with Crippen molar-refractivity contribution in [3.63, 3.8) is 0 Å². The molecular weight excluding hydrogens is 224 g/mol. The van der Waals surface area contributed by atoms with Gasteiger partial charge in [0, 0.05) is 25.2 Å². The van der Waals surface area contributed by atoms with Crippen LogP contribution in [0.5, 0.6) is 0 Å². The standard InChI is InChI=1S/C12H17ClN2O/c1-9-5-10(7-13)6-12(14-9)15(2)11-3-4-16-8-11/h5-6,11H,3-4,7-8H2,1-2H3. The van der Waals surface area contributed by atoms with Crippen molar-refractivity contribution in [2.75, 3.05) is 25.2 Å². The monoisotopic (exact) mass is 240 g/mol. The van der Waals surface area contributed by atoms with E-state index in [-0.39, 0.29) is 0 Å². The van der Waals surface area contributed by atoms with Crippen molar-refractivity contribution in [3.05, 3.63) is 23.4 Å². The third-order valence-electron chi connectivity index (χ3n) is 2.97. The van der Waals surface area contributed by atoms with Crippen molar-refractivity contribution in [1.29, 1.82) is 0 Å². The van der Waals surface area contributed by atoms with Gasteiger partial charge in [-0.05, 0) is 31.0 Å². The number of alkyl halides is 1. The molecule has 0 saturated carbocycles. The summed E-state index contributed by atoms with van der Waals surface area (Å²) in [6, 6.07) is 4.52. The highest BCUT2D eigenvalue weighted by Crippen LogP contribution is 2.20. The largest absolute Gasteiger partial charge is 0.379 e. The quantitative estimate of drug-likeness (QED) is 0.759. The third-order valence-corrected chi connectivity index (χ3v) is 3.28. The number of aryl methyl sites for hydroxylation is 1. The Morgan fingerprint density at radius 1 is 1.56 bits per heavy atom. The Bertz CT molecular complexity index is 364. The molecule has 4 heteroatoms. The van der Waals surface area contributed by atoms with Gasteiger partial charge in [0.1, 0.15) is 5.82 Å². The summed E-state index contributed by atoms with van der Waals surface area (Å²) in [4.78, 5) is 6.73. The lowest BCUT2D eigenvalue weighted by Gasteiger charge is -2.25. The van der Waals surface area contributed by atoms with E-state index in [4.69, 9.17) is 16.3 Å². The molecule has 2 heterocycles. The lowest BCUT2D eigenvalue weighted by atomic mass is 10.2. The predicted molar refractivity (Wildman–Crippen MR) is 66.2 cm³/mol. The minimum Gasteiger partial charge on any atom is -0.379 e. The molecule has 0 aromatic carbocycles. The van der Waals surface area contributed by atoms with Crippen LogP contribution in [-0.2, 0) is 10.6 Å². The maximum atomic E-state index is 5.86. The van der Waals surface area contributed by atoms with Gasteiger partial charge in [0.2, 0.25) is 0 Å². The summed E-state index contributed by atoms with van der Waals surface area (Å²) in [5, 5.41) is 0. The summed E-state index contributed by atoms with van der Waals surface area (Å²) in [7, 11) is 2.07. The van der Waals surface area contributed by atoms with Crippen molar-refractivity contribution >= 4 is 17.4 Å².